The third-order valence-electron chi connectivity index (χ3n) is 2.94. The molecule has 0 spiro atoms. The molecule has 7 nitrogen and oxygen atoms in total. The highest BCUT2D eigenvalue weighted by atomic mass is 16.6. The molecule has 0 bridgehead atoms. The number of carboxylic acids is 1. The fraction of sp³-hybridized carbons (Fsp3) is 0.812. The minimum atomic E-state index is -1.39. The number of hydrogen-bond acceptors (Lipinski definition) is 5. The smallest absolute Gasteiger partial charge is 0.408 e. The standard InChI is InChI=1S/C16H29NO6/c1-9(2)13(10(3)4)22-12(18)8-11(14(19)20)17-15(21)23-16(5,6)7/h9-11,13H,8H2,1-7H3,(H,17,21)(H,19,20)/t11-/m0/s1. The fourth-order valence-corrected chi connectivity index (χ4v) is 2.06. The van der Waals surface area contributed by atoms with Crippen LogP contribution < -0.4 is 5.32 Å². The van der Waals surface area contributed by atoms with E-state index in [1.54, 1.807) is 20.8 Å². The third kappa shape index (κ3) is 9.05. The third-order valence-corrected chi connectivity index (χ3v) is 2.94. The predicted molar refractivity (Wildman–Crippen MR) is 85.0 cm³/mol. The molecular formula is C16H29NO6. The fourth-order valence-electron chi connectivity index (χ4n) is 2.06. The molecule has 1 amide bonds. The zero-order valence-corrected chi connectivity index (χ0v) is 15.0. The topological polar surface area (TPSA) is 102 Å². The first kappa shape index (κ1) is 21.2. The zero-order chi connectivity index (χ0) is 18.4. The summed E-state index contributed by atoms with van der Waals surface area (Å²) in [4.78, 5) is 34.8. The first-order chi connectivity index (χ1) is 10.3. The number of esters is 1. The summed E-state index contributed by atoms with van der Waals surface area (Å²) in [5.74, 6) is -1.76. The van der Waals surface area contributed by atoms with Crippen molar-refractivity contribution in [3.8, 4) is 0 Å². The Hall–Kier alpha value is -1.79. The number of carbonyl (C=O) groups is 3. The van der Waals surface area contributed by atoms with E-state index in [2.05, 4.69) is 5.32 Å². The molecule has 0 saturated heterocycles. The lowest BCUT2D eigenvalue weighted by atomic mass is 9.96. The number of amides is 1. The lowest BCUT2D eigenvalue weighted by Gasteiger charge is -2.26. The number of hydrogen-bond donors (Lipinski definition) is 2. The van der Waals surface area contributed by atoms with Gasteiger partial charge in [0, 0.05) is 0 Å². The van der Waals surface area contributed by atoms with Crippen LogP contribution in [-0.4, -0.2) is 40.9 Å². The van der Waals surface area contributed by atoms with Crippen LogP contribution in [0.2, 0.25) is 0 Å². The summed E-state index contributed by atoms with van der Waals surface area (Å²) in [7, 11) is 0. The van der Waals surface area contributed by atoms with Crippen molar-refractivity contribution in [2.45, 2.75) is 72.6 Å². The van der Waals surface area contributed by atoms with Gasteiger partial charge in [-0.05, 0) is 32.6 Å². The van der Waals surface area contributed by atoms with Crippen molar-refractivity contribution in [2.75, 3.05) is 0 Å². The van der Waals surface area contributed by atoms with E-state index in [1.807, 2.05) is 27.7 Å². The molecule has 7 heteroatoms. The molecule has 0 aromatic heterocycles. The highest BCUT2D eigenvalue weighted by molar-refractivity contribution is 5.85. The quantitative estimate of drug-likeness (QED) is 0.695. The number of alkyl carbamates (subject to hydrolysis) is 1. The van der Waals surface area contributed by atoms with Crippen LogP contribution in [0, 0.1) is 11.8 Å². The SMILES string of the molecule is CC(C)C(OC(=O)C[C@H](NC(=O)OC(C)(C)C)C(=O)O)C(C)C. The molecule has 0 aromatic rings. The van der Waals surface area contributed by atoms with Gasteiger partial charge in [-0.2, -0.15) is 0 Å². The van der Waals surface area contributed by atoms with Crippen LogP contribution >= 0.6 is 0 Å². The normalized spacial score (nSPS) is 13.1. The molecule has 0 unspecified atom stereocenters. The van der Waals surface area contributed by atoms with Gasteiger partial charge in [-0.15, -0.1) is 0 Å². The Morgan fingerprint density at radius 2 is 1.52 bits per heavy atom. The van der Waals surface area contributed by atoms with Gasteiger partial charge in [0.15, 0.2) is 0 Å². The maximum absolute atomic E-state index is 12.0. The van der Waals surface area contributed by atoms with E-state index in [0.29, 0.717) is 0 Å². The number of nitrogens with one attached hydrogen (secondary N) is 1. The van der Waals surface area contributed by atoms with Gasteiger partial charge in [-0.1, -0.05) is 27.7 Å². The van der Waals surface area contributed by atoms with Crippen LogP contribution in [0.5, 0.6) is 0 Å². The van der Waals surface area contributed by atoms with E-state index < -0.39 is 36.1 Å². The van der Waals surface area contributed by atoms with Gasteiger partial charge in [0.25, 0.3) is 0 Å². The van der Waals surface area contributed by atoms with Gasteiger partial charge in [-0.25, -0.2) is 9.59 Å². The van der Waals surface area contributed by atoms with Gasteiger partial charge < -0.3 is 19.9 Å². The Bertz CT molecular complexity index is 417. The molecule has 1 atom stereocenters. The second-order valence-electron chi connectivity index (χ2n) is 7.18. The highest BCUT2D eigenvalue weighted by Gasteiger charge is 2.29. The Morgan fingerprint density at radius 1 is 1.04 bits per heavy atom. The molecule has 0 fully saturated rings. The van der Waals surface area contributed by atoms with Crippen molar-refractivity contribution < 1.29 is 29.0 Å². The van der Waals surface area contributed by atoms with E-state index in [1.165, 1.54) is 0 Å². The first-order valence-corrected chi connectivity index (χ1v) is 7.75. The van der Waals surface area contributed by atoms with Crippen molar-refractivity contribution in [3.63, 3.8) is 0 Å². The van der Waals surface area contributed by atoms with Crippen LogP contribution in [0.1, 0.15) is 54.9 Å². The summed E-state index contributed by atoms with van der Waals surface area (Å²) >= 11 is 0. The lowest BCUT2D eigenvalue weighted by Crippen LogP contribution is -2.45. The number of aliphatic carboxylic acids is 1. The Kier molecular flexibility index (Phi) is 8.06. The lowest BCUT2D eigenvalue weighted by molar-refractivity contribution is -0.157. The second kappa shape index (κ2) is 8.74. The molecule has 0 aliphatic carbocycles. The van der Waals surface area contributed by atoms with Crippen molar-refractivity contribution in [2.24, 2.45) is 11.8 Å². The van der Waals surface area contributed by atoms with Gasteiger partial charge in [0.05, 0.1) is 6.42 Å². The minimum absolute atomic E-state index is 0.112. The predicted octanol–water partition coefficient (Wildman–Crippen LogP) is 2.58. The molecule has 2 N–H and O–H groups in total. The van der Waals surface area contributed by atoms with Crippen LogP contribution in [-0.2, 0) is 19.1 Å². The van der Waals surface area contributed by atoms with Gasteiger partial charge in [0.2, 0.25) is 0 Å². The summed E-state index contributed by atoms with van der Waals surface area (Å²) in [6, 6.07) is -1.39. The Balaban J connectivity index is 4.73. The summed E-state index contributed by atoms with van der Waals surface area (Å²) in [6.45, 7) is 12.7. The molecule has 0 saturated carbocycles. The first-order valence-electron chi connectivity index (χ1n) is 7.75. The van der Waals surface area contributed by atoms with Gasteiger partial charge in [0.1, 0.15) is 17.7 Å². The molecule has 0 aromatic carbocycles. The van der Waals surface area contributed by atoms with E-state index in [-0.39, 0.29) is 17.9 Å². The van der Waals surface area contributed by atoms with Crippen molar-refractivity contribution in [1.82, 2.24) is 5.32 Å². The van der Waals surface area contributed by atoms with Crippen molar-refractivity contribution >= 4 is 18.0 Å². The van der Waals surface area contributed by atoms with E-state index in [9.17, 15) is 14.4 Å². The van der Waals surface area contributed by atoms with Crippen molar-refractivity contribution in [3.05, 3.63) is 0 Å². The molecule has 0 aliphatic heterocycles. The Morgan fingerprint density at radius 3 is 1.87 bits per heavy atom. The summed E-state index contributed by atoms with van der Waals surface area (Å²) < 4.78 is 10.3. The second-order valence-corrected chi connectivity index (χ2v) is 7.18. The largest absolute Gasteiger partial charge is 0.480 e. The molecular weight excluding hydrogens is 302 g/mol. The van der Waals surface area contributed by atoms with Crippen LogP contribution in [0.25, 0.3) is 0 Å². The highest BCUT2D eigenvalue weighted by Crippen LogP contribution is 2.17. The number of carboxylic acid groups (broad SMARTS) is 1. The summed E-state index contributed by atoms with van der Waals surface area (Å²) in [5, 5.41) is 11.3. The molecule has 134 valence electrons. The van der Waals surface area contributed by atoms with E-state index in [0.717, 1.165) is 0 Å². The molecule has 0 aliphatic rings. The summed E-state index contributed by atoms with van der Waals surface area (Å²) in [5.41, 5.74) is -0.756. The van der Waals surface area contributed by atoms with Crippen LogP contribution in [0.3, 0.4) is 0 Å². The van der Waals surface area contributed by atoms with E-state index >= 15 is 0 Å². The van der Waals surface area contributed by atoms with Gasteiger partial charge in [-0.3, -0.25) is 4.79 Å². The number of rotatable bonds is 7. The van der Waals surface area contributed by atoms with Crippen LogP contribution in [0.4, 0.5) is 4.79 Å². The zero-order valence-electron chi connectivity index (χ0n) is 15.0. The number of carbonyl (C=O) groups excluding carboxylic acids is 2. The average Bonchev–Trinajstić information content (AvgIpc) is 2.31. The molecule has 0 radical (unpaired) electrons. The van der Waals surface area contributed by atoms with Gasteiger partial charge >= 0.3 is 18.0 Å². The van der Waals surface area contributed by atoms with Crippen molar-refractivity contribution in [1.29, 1.82) is 0 Å². The maximum Gasteiger partial charge on any atom is 0.408 e. The monoisotopic (exact) mass is 331 g/mol. The Labute approximate surface area is 137 Å². The van der Waals surface area contributed by atoms with E-state index in [4.69, 9.17) is 14.6 Å². The molecule has 0 heterocycles. The molecule has 0 rings (SSSR count). The summed E-state index contributed by atoms with van der Waals surface area (Å²) in [6.07, 6.45) is -1.65. The minimum Gasteiger partial charge on any atom is -0.480 e. The average molecular weight is 331 g/mol. The maximum atomic E-state index is 12.0. The van der Waals surface area contributed by atoms with Crippen LogP contribution in [0.15, 0.2) is 0 Å². The molecule has 23 heavy (non-hydrogen) atoms. The number of ether oxygens (including phenoxy) is 2.